The van der Waals surface area contributed by atoms with E-state index in [1.54, 1.807) is 19.0 Å². The van der Waals surface area contributed by atoms with Crippen molar-refractivity contribution in [2.75, 3.05) is 33.8 Å². The van der Waals surface area contributed by atoms with E-state index in [2.05, 4.69) is 10.2 Å². The van der Waals surface area contributed by atoms with Crippen LogP contribution in [0.5, 0.6) is 0 Å². The lowest BCUT2D eigenvalue weighted by molar-refractivity contribution is -0.134. The van der Waals surface area contributed by atoms with Gasteiger partial charge in [0, 0.05) is 45.7 Å². The fourth-order valence-corrected chi connectivity index (χ4v) is 3.80. The van der Waals surface area contributed by atoms with E-state index < -0.39 is 11.6 Å². The number of rotatable bonds is 6. The first-order valence-corrected chi connectivity index (χ1v) is 9.61. The predicted octanol–water partition coefficient (Wildman–Crippen LogP) is 1.33. The summed E-state index contributed by atoms with van der Waals surface area (Å²) in [6.07, 6.45) is 1.64. The van der Waals surface area contributed by atoms with Crippen LogP contribution >= 0.6 is 0 Å². The van der Waals surface area contributed by atoms with E-state index >= 15 is 0 Å². The molecule has 1 N–H and O–H groups in total. The number of ether oxygens (including phenoxy) is 1. The fraction of sp³-hybridized carbons (Fsp3) is 0.600. The summed E-state index contributed by atoms with van der Waals surface area (Å²) in [6.45, 7) is 1.98. The molecule has 2 saturated heterocycles. The monoisotopic (exact) mass is 395 g/mol. The molecule has 0 aliphatic carbocycles. The largest absolute Gasteiger partial charge is 0.375 e. The fourth-order valence-electron chi connectivity index (χ4n) is 3.80. The quantitative estimate of drug-likeness (QED) is 0.790. The van der Waals surface area contributed by atoms with Gasteiger partial charge in [-0.05, 0) is 30.5 Å². The molecule has 2 amide bonds. The van der Waals surface area contributed by atoms with Crippen molar-refractivity contribution in [2.45, 2.75) is 43.9 Å². The molecule has 2 aliphatic rings. The van der Waals surface area contributed by atoms with Gasteiger partial charge in [-0.3, -0.25) is 14.5 Å². The Balaban J connectivity index is 1.43. The zero-order valence-electron chi connectivity index (χ0n) is 16.3. The highest BCUT2D eigenvalue weighted by Gasteiger charge is 2.38. The molecule has 0 spiro atoms. The SMILES string of the molecule is CN(C)C(=O)C[C@H]1CN2C[C@@H](NC(=O)CCc3ccc(F)c(F)c3)C[C@H]2CO1. The Labute approximate surface area is 163 Å². The van der Waals surface area contributed by atoms with Crippen LogP contribution in [-0.4, -0.2) is 73.6 Å². The number of carbonyl (C=O) groups is 2. The second-order valence-corrected chi connectivity index (χ2v) is 7.80. The maximum Gasteiger partial charge on any atom is 0.224 e. The van der Waals surface area contributed by atoms with Crippen LogP contribution in [0.4, 0.5) is 8.78 Å². The Kier molecular flexibility index (Phi) is 6.61. The minimum Gasteiger partial charge on any atom is -0.375 e. The Bertz CT molecular complexity index is 729. The number of aryl methyl sites for hydroxylation is 1. The first kappa shape index (κ1) is 20.7. The summed E-state index contributed by atoms with van der Waals surface area (Å²) in [7, 11) is 3.46. The molecule has 8 heteroatoms. The average molecular weight is 395 g/mol. The number of carbonyl (C=O) groups excluding carboxylic acids is 2. The van der Waals surface area contributed by atoms with Crippen molar-refractivity contribution < 1.29 is 23.1 Å². The molecule has 0 radical (unpaired) electrons. The van der Waals surface area contributed by atoms with E-state index in [9.17, 15) is 18.4 Å². The molecule has 1 aromatic carbocycles. The number of fused-ring (bicyclic) bond motifs is 1. The number of nitrogens with one attached hydrogen (secondary N) is 1. The van der Waals surface area contributed by atoms with Crippen LogP contribution in [-0.2, 0) is 20.7 Å². The number of halogens is 2. The summed E-state index contributed by atoms with van der Waals surface area (Å²) >= 11 is 0. The molecular weight excluding hydrogens is 368 g/mol. The lowest BCUT2D eigenvalue weighted by Gasteiger charge is -2.35. The van der Waals surface area contributed by atoms with E-state index in [1.165, 1.54) is 6.07 Å². The Morgan fingerprint density at radius 2 is 2.04 bits per heavy atom. The molecule has 2 aliphatic heterocycles. The van der Waals surface area contributed by atoms with Crippen molar-refractivity contribution in [2.24, 2.45) is 0 Å². The second kappa shape index (κ2) is 8.96. The van der Waals surface area contributed by atoms with Gasteiger partial charge in [-0.15, -0.1) is 0 Å². The molecule has 0 bridgehead atoms. The second-order valence-electron chi connectivity index (χ2n) is 7.80. The molecule has 1 aromatic rings. The molecule has 6 nitrogen and oxygen atoms in total. The smallest absolute Gasteiger partial charge is 0.224 e. The van der Waals surface area contributed by atoms with E-state index in [4.69, 9.17) is 4.74 Å². The van der Waals surface area contributed by atoms with Gasteiger partial charge in [0.15, 0.2) is 11.6 Å². The Morgan fingerprint density at radius 3 is 2.75 bits per heavy atom. The zero-order valence-corrected chi connectivity index (χ0v) is 16.3. The minimum absolute atomic E-state index is 0.0364. The van der Waals surface area contributed by atoms with E-state index in [-0.39, 0.29) is 36.4 Å². The van der Waals surface area contributed by atoms with Crippen molar-refractivity contribution >= 4 is 11.8 Å². The standard InChI is InChI=1S/C20H27F2N3O3/c1-24(2)20(27)9-16-11-25-10-14(8-15(25)12-28-16)23-19(26)6-4-13-3-5-17(21)18(22)7-13/h3,5,7,14-16H,4,6,8-12H2,1-2H3,(H,23,26)/t14-,15-,16-/m0/s1. The molecule has 0 unspecified atom stereocenters. The molecule has 154 valence electrons. The third-order valence-electron chi connectivity index (χ3n) is 5.38. The van der Waals surface area contributed by atoms with E-state index in [0.29, 0.717) is 31.6 Å². The first-order chi connectivity index (χ1) is 13.3. The average Bonchev–Trinajstić information content (AvgIpc) is 3.04. The van der Waals surface area contributed by atoms with Crippen LogP contribution in [0.1, 0.15) is 24.8 Å². The number of hydrogen-bond donors (Lipinski definition) is 1. The highest BCUT2D eigenvalue weighted by molar-refractivity contribution is 5.76. The maximum absolute atomic E-state index is 13.2. The third-order valence-corrected chi connectivity index (χ3v) is 5.38. The zero-order chi connectivity index (χ0) is 20.3. The molecule has 2 heterocycles. The topological polar surface area (TPSA) is 61.9 Å². The number of amides is 2. The lowest BCUT2D eigenvalue weighted by Crippen LogP contribution is -2.47. The van der Waals surface area contributed by atoms with Gasteiger partial charge in [-0.2, -0.15) is 0 Å². The summed E-state index contributed by atoms with van der Waals surface area (Å²) in [6, 6.07) is 3.99. The number of hydrogen-bond acceptors (Lipinski definition) is 4. The summed E-state index contributed by atoms with van der Waals surface area (Å²) in [5.74, 6) is -1.84. The van der Waals surface area contributed by atoms with Crippen LogP contribution in [0, 0.1) is 11.6 Å². The lowest BCUT2D eigenvalue weighted by atomic mass is 10.1. The van der Waals surface area contributed by atoms with Crippen LogP contribution in [0.2, 0.25) is 0 Å². The maximum atomic E-state index is 13.2. The van der Waals surface area contributed by atoms with Crippen molar-refractivity contribution in [1.82, 2.24) is 15.1 Å². The van der Waals surface area contributed by atoms with Crippen LogP contribution in [0.3, 0.4) is 0 Å². The third kappa shape index (κ3) is 5.26. The van der Waals surface area contributed by atoms with Gasteiger partial charge in [0.05, 0.1) is 19.1 Å². The van der Waals surface area contributed by atoms with Gasteiger partial charge in [0.2, 0.25) is 11.8 Å². The summed E-state index contributed by atoms with van der Waals surface area (Å²) in [5.41, 5.74) is 0.597. The highest BCUT2D eigenvalue weighted by atomic mass is 19.2. The summed E-state index contributed by atoms with van der Waals surface area (Å²) < 4.78 is 32.0. The van der Waals surface area contributed by atoms with Crippen molar-refractivity contribution in [3.05, 3.63) is 35.4 Å². The van der Waals surface area contributed by atoms with Gasteiger partial charge < -0.3 is 15.0 Å². The van der Waals surface area contributed by atoms with Gasteiger partial charge in [0.1, 0.15) is 0 Å². The van der Waals surface area contributed by atoms with Crippen molar-refractivity contribution in [3.8, 4) is 0 Å². The predicted molar refractivity (Wildman–Crippen MR) is 99.6 cm³/mol. The van der Waals surface area contributed by atoms with Gasteiger partial charge in [-0.1, -0.05) is 6.07 Å². The van der Waals surface area contributed by atoms with Crippen molar-refractivity contribution in [1.29, 1.82) is 0 Å². The Morgan fingerprint density at radius 1 is 1.25 bits per heavy atom. The minimum atomic E-state index is -0.895. The van der Waals surface area contributed by atoms with Gasteiger partial charge in [-0.25, -0.2) is 8.78 Å². The number of morpholine rings is 1. The van der Waals surface area contributed by atoms with Crippen LogP contribution < -0.4 is 5.32 Å². The molecule has 3 rings (SSSR count). The molecular formula is C20H27F2N3O3. The number of nitrogens with zero attached hydrogens (tertiary/aromatic N) is 2. The number of benzene rings is 1. The van der Waals surface area contributed by atoms with E-state index in [1.807, 2.05) is 0 Å². The summed E-state index contributed by atoms with van der Waals surface area (Å²) in [4.78, 5) is 27.9. The van der Waals surface area contributed by atoms with Gasteiger partial charge >= 0.3 is 0 Å². The van der Waals surface area contributed by atoms with Crippen molar-refractivity contribution in [3.63, 3.8) is 0 Å². The molecule has 2 fully saturated rings. The van der Waals surface area contributed by atoms with Crippen LogP contribution in [0.15, 0.2) is 18.2 Å². The molecule has 0 aromatic heterocycles. The highest BCUT2D eigenvalue weighted by Crippen LogP contribution is 2.24. The Hall–Kier alpha value is -2.06. The molecule has 0 saturated carbocycles. The normalized spacial score (nSPS) is 24.6. The molecule has 3 atom stereocenters. The van der Waals surface area contributed by atoms with Crippen LogP contribution in [0.25, 0.3) is 0 Å². The first-order valence-electron chi connectivity index (χ1n) is 9.61. The molecule has 28 heavy (non-hydrogen) atoms. The van der Waals surface area contributed by atoms with E-state index in [0.717, 1.165) is 25.1 Å². The summed E-state index contributed by atoms with van der Waals surface area (Å²) in [5, 5.41) is 3.03. The van der Waals surface area contributed by atoms with Gasteiger partial charge in [0.25, 0.3) is 0 Å².